The Labute approximate surface area is 124 Å². The molecule has 8 heteroatoms. The van der Waals surface area contributed by atoms with Crippen LogP contribution in [0.5, 0.6) is 0 Å². The van der Waals surface area contributed by atoms with E-state index in [0.717, 1.165) is 24.4 Å². The first-order valence-corrected chi connectivity index (χ1v) is 6.22. The van der Waals surface area contributed by atoms with Crippen molar-refractivity contribution in [3.8, 4) is 0 Å². The van der Waals surface area contributed by atoms with Crippen LogP contribution in [0.3, 0.4) is 0 Å². The van der Waals surface area contributed by atoms with Gasteiger partial charge in [0.05, 0.1) is 11.3 Å². The Bertz CT molecular complexity index is 662. The number of carboxylic acids is 1. The Morgan fingerprint density at radius 1 is 1.32 bits per heavy atom. The third-order valence-electron chi connectivity index (χ3n) is 2.76. The molecule has 0 unspecified atom stereocenters. The summed E-state index contributed by atoms with van der Waals surface area (Å²) < 4.78 is 23.4. The minimum atomic E-state index is -1.40. The van der Waals surface area contributed by atoms with Crippen LogP contribution in [0.1, 0.15) is 24.2 Å². The molecule has 0 atom stereocenters. The fourth-order valence-corrected chi connectivity index (χ4v) is 1.75. The number of aliphatic imine (C=N–C) groups is 1. The summed E-state index contributed by atoms with van der Waals surface area (Å²) >= 11 is 0. The second-order valence-electron chi connectivity index (χ2n) is 4.97. The average Bonchev–Trinajstić information content (AvgIpc) is 2.37. The number of nitrogens with zero attached hydrogens (tertiary/aromatic N) is 1. The summed E-state index contributed by atoms with van der Waals surface area (Å²) in [6.07, 6.45) is 0.902. The van der Waals surface area contributed by atoms with Crippen LogP contribution in [0.15, 0.2) is 23.2 Å². The molecule has 1 aromatic carbocycles. The standard InChI is InChI=1S/C14H12FNO6/c1-14(2)21-12(19)8(13(20)22-14)6-16-10-4-3-7(11(17)18)5-9(10)15/h3-6,8H,1-2H3,(H,17,18). The minimum Gasteiger partial charge on any atom is -0.478 e. The van der Waals surface area contributed by atoms with Gasteiger partial charge in [0.2, 0.25) is 0 Å². The number of hydrogen-bond donors (Lipinski definition) is 1. The van der Waals surface area contributed by atoms with E-state index in [0.29, 0.717) is 0 Å². The second-order valence-corrected chi connectivity index (χ2v) is 4.97. The molecule has 116 valence electrons. The van der Waals surface area contributed by atoms with Crippen LogP contribution in [-0.2, 0) is 19.1 Å². The number of aromatic carboxylic acids is 1. The molecule has 22 heavy (non-hydrogen) atoms. The SMILES string of the molecule is CC1(C)OC(=O)C(C=Nc2ccc(C(=O)O)cc2F)C(=O)O1. The number of benzene rings is 1. The molecule has 0 radical (unpaired) electrons. The van der Waals surface area contributed by atoms with Crippen LogP contribution in [0.25, 0.3) is 0 Å². The van der Waals surface area contributed by atoms with Gasteiger partial charge in [-0.2, -0.15) is 0 Å². The smallest absolute Gasteiger partial charge is 0.335 e. The number of halogens is 1. The van der Waals surface area contributed by atoms with Crippen LogP contribution in [0.2, 0.25) is 0 Å². The molecule has 1 saturated heterocycles. The minimum absolute atomic E-state index is 0.213. The number of carbonyl (C=O) groups excluding carboxylic acids is 2. The highest BCUT2D eigenvalue weighted by atomic mass is 19.1. The molecule has 0 aromatic heterocycles. The van der Waals surface area contributed by atoms with Crippen molar-refractivity contribution in [2.45, 2.75) is 19.6 Å². The normalized spacial score (nSPS) is 18.1. The summed E-state index contributed by atoms with van der Waals surface area (Å²) in [6, 6.07) is 3.06. The van der Waals surface area contributed by atoms with E-state index in [1.165, 1.54) is 13.8 Å². The summed E-state index contributed by atoms with van der Waals surface area (Å²) in [5, 5.41) is 8.72. The van der Waals surface area contributed by atoms with E-state index in [4.69, 9.17) is 14.6 Å². The van der Waals surface area contributed by atoms with Gasteiger partial charge in [-0.05, 0) is 18.2 Å². The first-order chi connectivity index (χ1) is 10.2. The maximum absolute atomic E-state index is 13.7. The molecular weight excluding hydrogens is 297 g/mol. The average molecular weight is 309 g/mol. The summed E-state index contributed by atoms with van der Waals surface area (Å²) in [6.45, 7) is 2.81. The monoisotopic (exact) mass is 309 g/mol. The zero-order valence-electron chi connectivity index (χ0n) is 11.7. The quantitative estimate of drug-likeness (QED) is 0.518. The number of carboxylic acid groups (broad SMARTS) is 1. The third-order valence-corrected chi connectivity index (χ3v) is 2.76. The molecule has 2 rings (SSSR count). The van der Waals surface area contributed by atoms with Crippen molar-refractivity contribution in [2.75, 3.05) is 0 Å². The van der Waals surface area contributed by atoms with Gasteiger partial charge in [0.1, 0.15) is 5.82 Å². The molecular formula is C14H12FNO6. The lowest BCUT2D eigenvalue weighted by molar-refractivity contribution is -0.235. The Morgan fingerprint density at radius 2 is 1.91 bits per heavy atom. The lowest BCUT2D eigenvalue weighted by Gasteiger charge is -2.31. The van der Waals surface area contributed by atoms with E-state index >= 15 is 0 Å². The molecule has 0 saturated carbocycles. The zero-order chi connectivity index (χ0) is 16.5. The number of ether oxygens (including phenoxy) is 2. The molecule has 0 bridgehead atoms. The number of rotatable bonds is 3. The highest BCUT2D eigenvalue weighted by molar-refractivity contribution is 6.10. The Kier molecular flexibility index (Phi) is 3.94. The van der Waals surface area contributed by atoms with Crippen LogP contribution >= 0.6 is 0 Å². The van der Waals surface area contributed by atoms with Gasteiger partial charge in [0.15, 0.2) is 5.92 Å². The number of esters is 2. The fourth-order valence-electron chi connectivity index (χ4n) is 1.75. The van der Waals surface area contributed by atoms with Gasteiger partial charge in [-0.15, -0.1) is 0 Å². The first kappa shape index (κ1) is 15.6. The van der Waals surface area contributed by atoms with Crippen molar-refractivity contribution in [3.63, 3.8) is 0 Å². The van der Waals surface area contributed by atoms with Crippen LogP contribution in [0.4, 0.5) is 10.1 Å². The topological polar surface area (TPSA) is 102 Å². The molecule has 1 heterocycles. The first-order valence-electron chi connectivity index (χ1n) is 6.22. The van der Waals surface area contributed by atoms with E-state index in [9.17, 15) is 18.8 Å². The summed E-state index contributed by atoms with van der Waals surface area (Å²) in [7, 11) is 0. The van der Waals surface area contributed by atoms with Crippen molar-refractivity contribution in [2.24, 2.45) is 10.9 Å². The van der Waals surface area contributed by atoms with Gasteiger partial charge in [0.25, 0.3) is 5.79 Å². The predicted octanol–water partition coefficient (Wildman–Crippen LogP) is 1.68. The molecule has 1 aromatic rings. The van der Waals surface area contributed by atoms with Crippen molar-refractivity contribution in [3.05, 3.63) is 29.6 Å². The van der Waals surface area contributed by atoms with Gasteiger partial charge in [0, 0.05) is 20.1 Å². The fraction of sp³-hybridized carbons (Fsp3) is 0.286. The molecule has 1 aliphatic rings. The zero-order valence-corrected chi connectivity index (χ0v) is 11.7. The Morgan fingerprint density at radius 3 is 2.41 bits per heavy atom. The van der Waals surface area contributed by atoms with Gasteiger partial charge in [-0.1, -0.05) is 0 Å². The van der Waals surface area contributed by atoms with Crippen LogP contribution in [0, 0.1) is 11.7 Å². The Hall–Kier alpha value is -2.77. The second kappa shape index (κ2) is 5.55. The third kappa shape index (κ3) is 3.27. The molecule has 0 spiro atoms. The van der Waals surface area contributed by atoms with E-state index in [1.807, 2.05) is 0 Å². The molecule has 7 nitrogen and oxygen atoms in total. The van der Waals surface area contributed by atoms with Gasteiger partial charge >= 0.3 is 17.9 Å². The predicted molar refractivity (Wildman–Crippen MR) is 71.3 cm³/mol. The van der Waals surface area contributed by atoms with Crippen molar-refractivity contribution < 1.29 is 33.4 Å². The highest BCUT2D eigenvalue weighted by Crippen LogP contribution is 2.24. The Balaban J connectivity index is 2.20. The maximum Gasteiger partial charge on any atom is 0.335 e. The molecule has 0 amide bonds. The number of cyclic esters (lactones) is 2. The van der Waals surface area contributed by atoms with Crippen LogP contribution in [-0.4, -0.2) is 35.0 Å². The van der Waals surface area contributed by atoms with E-state index < -0.39 is 35.4 Å². The van der Waals surface area contributed by atoms with Gasteiger partial charge < -0.3 is 14.6 Å². The van der Waals surface area contributed by atoms with Crippen molar-refractivity contribution in [1.82, 2.24) is 0 Å². The van der Waals surface area contributed by atoms with Crippen LogP contribution < -0.4 is 0 Å². The summed E-state index contributed by atoms with van der Waals surface area (Å²) in [4.78, 5) is 37.7. The largest absolute Gasteiger partial charge is 0.478 e. The van der Waals surface area contributed by atoms with E-state index in [-0.39, 0.29) is 11.3 Å². The molecule has 0 aliphatic carbocycles. The van der Waals surface area contributed by atoms with Gasteiger partial charge in [-0.25, -0.2) is 9.18 Å². The lowest BCUT2D eigenvalue weighted by Crippen LogP contribution is -2.46. The highest BCUT2D eigenvalue weighted by Gasteiger charge is 2.42. The van der Waals surface area contributed by atoms with E-state index in [1.54, 1.807) is 0 Å². The number of carbonyl (C=O) groups is 3. The summed E-state index contributed by atoms with van der Waals surface area (Å²) in [5.74, 6) is -6.63. The van der Waals surface area contributed by atoms with Crippen molar-refractivity contribution in [1.29, 1.82) is 0 Å². The van der Waals surface area contributed by atoms with E-state index in [2.05, 4.69) is 4.99 Å². The molecule has 1 fully saturated rings. The summed E-state index contributed by atoms with van der Waals surface area (Å²) in [5.41, 5.74) is -0.454. The molecule has 1 aliphatic heterocycles. The van der Waals surface area contributed by atoms with Gasteiger partial charge in [-0.3, -0.25) is 14.6 Å². The number of hydrogen-bond acceptors (Lipinski definition) is 6. The lowest BCUT2D eigenvalue weighted by atomic mass is 10.1. The molecule has 1 N–H and O–H groups in total. The maximum atomic E-state index is 13.7. The van der Waals surface area contributed by atoms with Crippen molar-refractivity contribution >= 4 is 29.8 Å².